The van der Waals surface area contributed by atoms with Gasteiger partial charge < -0.3 is 10.1 Å². The Balaban J connectivity index is 1.48. The highest BCUT2D eigenvalue weighted by Crippen LogP contribution is 2.25. The number of hydrogen-bond acceptors (Lipinski definition) is 5. The number of aromatic nitrogens is 4. The number of nitrogens with one attached hydrogen (secondary N) is 1. The van der Waals surface area contributed by atoms with Gasteiger partial charge in [0.05, 0.1) is 31.5 Å². The van der Waals surface area contributed by atoms with Gasteiger partial charge in [-0.1, -0.05) is 0 Å². The average Bonchev–Trinajstić information content (AvgIpc) is 3.42. The van der Waals surface area contributed by atoms with Crippen LogP contribution in [0.25, 0.3) is 5.69 Å². The molecule has 0 radical (unpaired) electrons. The number of ether oxygens (including phenoxy) is 1. The average molecular weight is 398 g/mol. The van der Waals surface area contributed by atoms with Gasteiger partial charge in [-0.25, -0.2) is 13.9 Å². The number of nitrogens with zero attached hydrogens (tertiary/aromatic N) is 5. The Morgan fingerprint density at radius 3 is 2.97 bits per heavy atom. The van der Waals surface area contributed by atoms with E-state index in [-0.39, 0.29) is 24.7 Å². The summed E-state index contributed by atoms with van der Waals surface area (Å²) < 4.78 is 23.1. The lowest BCUT2D eigenvalue weighted by molar-refractivity contribution is -0.119. The molecule has 150 valence electrons. The quantitative estimate of drug-likeness (QED) is 0.682. The zero-order chi connectivity index (χ0) is 20.4. The van der Waals surface area contributed by atoms with E-state index in [0.717, 1.165) is 5.56 Å². The maximum atomic E-state index is 14.7. The van der Waals surface area contributed by atoms with Gasteiger partial charge in [-0.2, -0.15) is 10.2 Å². The minimum Gasteiger partial charge on any atom is -0.442 e. The molecule has 0 bridgehead atoms. The summed E-state index contributed by atoms with van der Waals surface area (Å²) in [6, 6.07) is 6.29. The standard InChI is InChI=1S/C19H19FN6O3/c1-13(27)21-9-16-12-25(19(28)29-16)15-3-4-18(17(20)7-15)26-11-14(8-23-26)10-24-6-2-5-22-24/h2-8,11,16H,9-10,12H2,1H3,(H,21,27)/t16-/m0/s1. The van der Waals surface area contributed by atoms with Gasteiger partial charge in [0.25, 0.3) is 0 Å². The van der Waals surface area contributed by atoms with Crippen molar-refractivity contribution in [3.8, 4) is 5.69 Å². The van der Waals surface area contributed by atoms with Gasteiger partial charge in [-0.3, -0.25) is 14.4 Å². The first-order chi connectivity index (χ1) is 14.0. The highest BCUT2D eigenvalue weighted by Gasteiger charge is 2.32. The molecule has 1 aliphatic rings. The number of carbonyl (C=O) groups is 2. The van der Waals surface area contributed by atoms with Crippen molar-refractivity contribution in [2.24, 2.45) is 0 Å². The van der Waals surface area contributed by atoms with Crippen LogP contribution >= 0.6 is 0 Å². The van der Waals surface area contributed by atoms with E-state index in [2.05, 4.69) is 15.5 Å². The predicted molar refractivity (Wildman–Crippen MR) is 101 cm³/mol. The first-order valence-electron chi connectivity index (χ1n) is 9.03. The number of hydrogen-bond donors (Lipinski definition) is 1. The summed E-state index contributed by atoms with van der Waals surface area (Å²) in [6.07, 6.45) is 5.85. The Labute approximate surface area is 165 Å². The summed E-state index contributed by atoms with van der Waals surface area (Å²) in [7, 11) is 0. The first kappa shape index (κ1) is 18.7. The van der Waals surface area contributed by atoms with Crippen molar-refractivity contribution in [1.82, 2.24) is 24.9 Å². The summed E-state index contributed by atoms with van der Waals surface area (Å²) in [5.74, 6) is -0.726. The van der Waals surface area contributed by atoms with Gasteiger partial charge in [0.15, 0.2) is 5.82 Å². The zero-order valence-corrected chi connectivity index (χ0v) is 15.7. The Morgan fingerprint density at radius 2 is 2.24 bits per heavy atom. The van der Waals surface area contributed by atoms with Crippen molar-refractivity contribution in [2.45, 2.75) is 19.6 Å². The first-order valence-corrected chi connectivity index (χ1v) is 9.03. The lowest BCUT2D eigenvalue weighted by atomic mass is 10.2. The monoisotopic (exact) mass is 398 g/mol. The second-order valence-electron chi connectivity index (χ2n) is 6.69. The van der Waals surface area contributed by atoms with Crippen LogP contribution in [0.15, 0.2) is 49.1 Å². The van der Waals surface area contributed by atoms with Crippen LogP contribution in [0.2, 0.25) is 0 Å². The number of anilines is 1. The van der Waals surface area contributed by atoms with Crippen LogP contribution in [0.5, 0.6) is 0 Å². The van der Waals surface area contributed by atoms with E-state index in [1.54, 1.807) is 35.4 Å². The lowest BCUT2D eigenvalue weighted by Crippen LogP contribution is -2.33. The van der Waals surface area contributed by atoms with Crippen LogP contribution in [-0.4, -0.2) is 50.8 Å². The normalized spacial score (nSPS) is 16.1. The number of cyclic esters (lactones) is 1. The maximum Gasteiger partial charge on any atom is 0.414 e. The van der Waals surface area contributed by atoms with Crippen LogP contribution < -0.4 is 10.2 Å². The SMILES string of the molecule is CC(=O)NC[C@H]1CN(c2ccc(-n3cc(Cn4cccn4)cn3)c(F)c2)C(=O)O1. The molecule has 3 heterocycles. The van der Waals surface area contributed by atoms with Crippen molar-refractivity contribution in [3.63, 3.8) is 0 Å². The number of benzene rings is 1. The van der Waals surface area contributed by atoms with Crippen molar-refractivity contribution in [1.29, 1.82) is 0 Å². The Hall–Kier alpha value is -3.69. The largest absolute Gasteiger partial charge is 0.442 e. The third kappa shape index (κ3) is 4.10. The molecule has 2 amide bonds. The van der Waals surface area contributed by atoms with Gasteiger partial charge in [0, 0.05) is 31.1 Å². The van der Waals surface area contributed by atoms with Crippen molar-refractivity contribution in [3.05, 3.63) is 60.4 Å². The molecule has 0 saturated carbocycles. The van der Waals surface area contributed by atoms with E-state index in [1.807, 2.05) is 12.3 Å². The van der Waals surface area contributed by atoms with Crippen molar-refractivity contribution < 1.29 is 18.7 Å². The Kier molecular flexibility index (Phi) is 4.98. The fourth-order valence-electron chi connectivity index (χ4n) is 3.10. The number of amides is 2. The molecule has 10 heteroatoms. The van der Waals surface area contributed by atoms with E-state index in [9.17, 15) is 14.0 Å². The minimum absolute atomic E-state index is 0.207. The van der Waals surface area contributed by atoms with Crippen LogP contribution in [0.1, 0.15) is 12.5 Å². The van der Waals surface area contributed by atoms with E-state index >= 15 is 0 Å². The highest BCUT2D eigenvalue weighted by molar-refractivity contribution is 5.90. The van der Waals surface area contributed by atoms with Crippen molar-refractivity contribution >= 4 is 17.7 Å². The molecule has 0 spiro atoms. The third-order valence-corrected chi connectivity index (χ3v) is 4.48. The fraction of sp³-hybridized carbons (Fsp3) is 0.263. The predicted octanol–water partition coefficient (Wildman–Crippen LogP) is 1.72. The van der Waals surface area contributed by atoms with Gasteiger partial charge in [0.2, 0.25) is 5.91 Å². The molecule has 9 nitrogen and oxygen atoms in total. The summed E-state index contributed by atoms with van der Waals surface area (Å²) >= 11 is 0. The molecule has 29 heavy (non-hydrogen) atoms. The van der Waals surface area contributed by atoms with Gasteiger partial charge in [-0.15, -0.1) is 0 Å². The molecule has 2 aromatic heterocycles. The van der Waals surface area contributed by atoms with Gasteiger partial charge in [0.1, 0.15) is 11.8 Å². The van der Waals surface area contributed by atoms with E-state index in [4.69, 9.17) is 4.74 Å². The molecule has 1 aromatic carbocycles. The topological polar surface area (TPSA) is 94.3 Å². The van der Waals surface area contributed by atoms with Crippen LogP contribution in [-0.2, 0) is 16.1 Å². The number of halogens is 1. The molecule has 0 aliphatic carbocycles. The molecule has 0 unspecified atom stereocenters. The number of carbonyl (C=O) groups excluding carboxylic acids is 2. The highest BCUT2D eigenvalue weighted by atomic mass is 19.1. The second-order valence-corrected chi connectivity index (χ2v) is 6.69. The molecule has 4 rings (SSSR count). The zero-order valence-electron chi connectivity index (χ0n) is 15.7. The third-order valence-electron chi connectivity index (χ3n) is 4.48. The molecule has 1 atom stereocenters. The smallest absolute Gasteiger partial charge is 0.414 e. The molecule has 1 aliphatic heterocycles. The molecule has 1 fully saturated rings. The van der Waals surface area contributed by atoms with E-state index < -0.39 is 18.0 Å². The van der Waals surface area contributed by atoms with E-state index in [0.29, 0.717) is 12.2 Å². The Morgan fingerprint density at radius 1 is 1.38 bits per heavy atom. The number of rotatable bonds is 6. The maximum absolute atomic E-state index is 14.7. The fourth-order valence-corrected chi connectivity index (χ4v) is 3.10. The molecular formula is C19H19FN6O3. The second kappa shape index (κ2) is 7.74. The van der Waals surface area contributed by atoms with Crippen LogP contribution in [0.3, 0.4) is 0 Å². The summed E-state index contributed by atoms with van der Waals surface area (Å²) in [6.45, 7) is 2.36. The molecule has 1 N–H and O–H groups in total. The summed E-state index contributed by atoms with van der Waals surface area (Å²) in [5, 5.41) is 11.0. The van der Waals surface area contributed by atoms with E-state index in [1.165, 1.54) is 22.6 Å². The van der Waals surface area contributed by atoms with Crippen LogP contribution in [0, 0.1) is 5.82 Å². The summed E-state index contributed by atoms with van der Waals surface area (Å²) in [4.78, 5) is 24.4. The lowest BCUT2D eigenvalue weighted by Gasteiger charge is -2.14. The minimum atomic E-state index is -0.576. The molecule has 3 aromatic rings. The van der Waals surface area contributed by atoms with Crippen LogP contribution in [0.4, 0.5) is 14.9 Å². The summed E-state index contributed by atoms with van der Waals surface area (Å²) in [5.41, 5.74) is 1.52. The molecule has 1 saturated heterocycles. The van der Waals surface area contributed by atoms with Gasteiger partial charge >= 0.3 is 6.09 Å². The van der Waals surface area contributed by atoms with Gasteiger partial charge in [-0.05, 0) is 24.3 Å². The Bertz CT molecular complexity index is 1030. The molecular weight excluding hydrogens is 379 g/mol. The van der Waals surface area contributed by atoms with Crippen molar-refractivity contribution in [2.75, 3.05) is 18.0 Å².